The number of thioether (sulfide) groups is 1. The van der Waals surface area contributed by atoms with Crippen LogP contribution in [0.2, 0.25) is 0 Å². The Balaban J connectivity index is 2.03. The fraction of sp³-hybridized carbons (Fsp3) is 0.259. The fourth-order valence-corrected chi connectivity index (χ4v) is 5.44. The molecule has 0 spiro atoms. The maximum Gasteiger partial charge on any atom is 0.408 e. The number of alkyl carbamates (subject to hydrolysis) is 1. The molecule has 0 unspecified atom stereocenters. The van der Waals surface area contributed by atoms with Gasteiger partial charge in [-0.15, -0.1) is 24.4 Å². The lowest BCUT2D eigenvalue weighted by Crippen LogP contribution is -2.44. The second-order valence-corrected chi connectivity index (χ2v) is 10.3. The van der Waals surface area contributed by atoms with Gasteiger partial charge in [-0.25, -0.2) is 4.79 Å². The predicted molar refractivity (Wildman–Crippen MR) is 139 cm³/mol. The summed E-state index contributed by atoms with van der Waals surface area (Å²) in [6.45, 7) is 5.35. The van der Waals surface area contributed by atoms with Gasteiger partial charge < -0.3 is 10.1 Å². The number of thiol groups is 1. The van der Waals surface area contributed by atoms with Crippen molar-refractivity contribution in [2.45, 2.75) is 37.2 Å². The van der Waals surface area contributed by atoms with Crippen molar-refractivity contribution in [3.63, 3.8) is 0 Å². The molecule has 0 aliphatic carbocycles. The zero-order valence-corrected chi connectivity index (χ0v) is 20.7. The number of ether oxygens (including phenoxy) is 1. The second-order valence-electron chi connectivity index (χ2n) is 8.63. The van der Waals surface area contributed by atoms with Gasteiger partial charge in [0.2, 0.25) is 5.12 Å². The van der Waals surface area contributed by atoms with Gasteiger partial charge in [-0.05, 0) is 37.5 Å². The number of rotatable bonds is 8. The van der Waals surface area contributed by atoms with E-state index in [-0.39, 0.29) is 0 Å². The van der Waals surface area contributed by atoms with E-state index in [0.717, 1.165) is 16.7 Å². The fourth-order valence-electron chi connectivity index (χ4n) is 3.60. The molecule has 0 heterocycles. The Hall–Kier alpha value is -2.70. The largest absolute Gasteiger partial charge is 0.444 e. The van der Waals surface area contributed by atoms with E-state index in [9.17, 15) is 9.59 Å². The molecule has 1 amide bonds. The topological polar surface area (TPSA) is 55.4 Å². The minimum Gasteiger partial charge on any atom is -0.444 e. The van der Waals surface area contributed by atoms with E-state index in [1.54, 1.807) is 32.5 Å². The van der Waals surface area contributed by atoms with Gasteiger partial charge in [-0.2, -0.15) is 0 Å². The van der Waals surface area contributed by atoms with E-state index < -0.39 is 27.6 Å². The molecule has 0 saturated heterocycles. The maximum atomic E-state index is 12.4. The first-order valence-electron chi connectivity index (χ1n) is 10.8. The zero-order chi connectivity index (χ0) is 23.9. The summed E-state index contributed by atoms with van der Waals surface area (Å²) < 4.78 is 4.76. The molecule has 172 valence electrons. The SMILES string of the molecule is CC(C)(C)OC(=O)N[C@@H](CSC(c1ccccc1)(c1ccccc1)c1ccccc1)C(=O)S. The molecule has 3 rings (SSSR count). The van der Waals surface area contributed by atoms with Crippen molar-refractivity contribution in [2.24, 2.45) is 0 Å². The highest BCUT2D eigenvalue weighted by Crippen LogP contribution is 2.48. The third kappa shape index (κ3) is 6.42. The lowest BCUT2D eigenvalue weighted by atomic mass is 9.84. The highest BCUT2D eigenvalue weighted by Gasteiger charge is 2.38. The molecule has 0 saturated carbocycles. The summed E-state index contributed by atoms with van der Waals surface area (Å²) in [5.41, 5.74) is 2.57. The molecule has 33 heavy (non-hydrogen) atoms. The van der Waals surface area contributed by atoms with E-state index >= 15 is 0 Å². The molecule has 4 nitrogen and oxygen atoms in total. The third-order valence-electron chi connectivity index (χ3n) is 5.00. The van der Waals surface area contributed by atoms with Crippen molar-refractivity contribution < 1.29 is 14.3 Å². The van der Waals surface area contributed by atoms with Gasteiger partial charge in [0.1, 0.15) is 11.6 Å². The van der Waals surface area contributed by atoms with E-state index in [2.05, 4.69) is 54.3 Å². The highest BCUT2D eigenvalue weighted by atomic mass is 32.2. The van der Waals surface area contributed by atoms with Gasteiger partial charge >= 0.3 is 6.09 Å². The zero-order valence-electron chi connectivity index (χ0n) is 19.0. The summed E-state index contributed by atoms with van der Waals surface area (Å²) >= 11 is 5.63. The number of amides is 1. The van der Waals surface area contributed by atoms with Crippen LogP contribution in [0, 0.1) is 0 Å². The Kier molecular flexibility index (Phi) is 8.27. The Morgan fingerprint density at radius 1 is 0.818 bits per heavy atom. The average molecular weight is 480 g/mol. The molecular formula is C27H29NO3S2. The maximum absolute atomic E-state index is 12.4. The van der Waals surface area contributed by atoms with Gasteiger partial charge in [0.05, 0.1) is 4.75 Å². The number of carbonyl (C=O) groups excluding carboxylic acids is 2. The van der Waals surface area contributed by atoms with Gasteiger partial charge in [0.15, 0.2) is 0 Å². The minimum absolute atomic E-state index is 0.306. The van der Waals surface area contributed by atoms with Crippen LogP contribution in [0.3, 0.4) is 0 Å². The van der Waals surface area contributed by atoms with Crippen LogP contribution in [0.4, 0.5) is 4.79 Å². The number of nitrogens with one attached hydrogen (secondary N) is 1. The first kappa shape index (κ1) is 24.9. The van der Waals surface area contributed by atoms with Crippen LogP contribution < -0.4 is 5.32 Å². The van der Waals surface area contributed by atoms with Gasteiger partial charge in [-0.1, -0.05) is 91.0 Å². The van der Waals surface area contributed by atoms with Crippen molar-refractivity contribution in [1.29, 1.82) is 0 Å². The summed E-state index contributed by atoms with van der Waals surface area (Å²) in [7, 11) is 0. The van der Waals surface area contributed by atoms with Crippen LogP contribution in [-0.4, -0.2) is 28.6 Å². The van der Waals surface area contributed by atoms with E-state index in [1.807, 2.05) is 54.6 Å². The normalized spacial score (nSPS) is 12.6. The molecule has 1 N–H and O–H groups in total. The van der Waals surface area contributed by atoms with Crippen molar-refractivity contribution in [3.8, 4) is 0 Å². The van der Waals surface area contributed by atoms with Crippen molar-refractivity contribution in [1.82, 2.24) is 5.32 Å². The third-order valence-corrected chi connectivity index (χ3v) is 6.95. The molecule has 0 aliphatic heterocycles. The first-order chi connectivity index (χ1) is 15.7. The predicted octanol–water partition coefficient (Wildman–Crippen LogP) is 6.06. The summed E-state index contributed by atoms with van der Waals surface area (Å²) in [5, 5.41) is 2.27. The molecular weight excluding hydrogens is 450 g/mol. The van der Waals surface area contributed by atoms with Crippen molar-refractivity contribution in [3.05, 3.63) is 108 Å². The van der Waals surface area contributed by atoms with Crippen LogP contribution in [0.25, 0.3) is 0 Å². The average Bonchev–Trinajstić information content (AvgIpc) is 2.79. The number of carbonyl (C=O) groups is 2. The quantitative estimate of drug-likeness (QED) is 0.305. The molecule has 0 fully saturated rings. The second kappa shape index (κ2) is 10.9. The summed E-state index contributed by atoms with van der Waals surface area (Å²) in [5.74, 6) is 0.306. The summed E-state index contributed by atoms with van der Waals surface area (Å²) in [4.78, 5) is 24.7. The standard InChI is InChI=1S/C27H29NO3S2/c1-26(2,3)31-25(30)28-23(24(29)32)19-33-27(20-13-7-4-8-14-20,21-15-9-5-10-16-21)22-17-11-6-12-18-22/h4-18,23H,19H2,1-3H3,(H,28,30)(H,29,32)/t23-/m0/s1. The van der Waals surface area contributed by atoms with Gasteiger partial charge in [0, 0.05) is 5.75 Å². The summed E-state index contributed by atoms with van der Waals surface area (Å²) in [6.07, 6.45) is -0.639. The Morgan fingerprint density at radius 2 is 1.21 bits per heavy atom. The monoisotopic (exact) mass is 479 g/mol. The molecule has 3 aromatic carbocycles. The molecule has 1 atom stereocenters. The summed E-state index contributed by atoms with van der Waals surface area (Å²) in [6, 6.07) is 29.7. The van der Waals surface area contributed by atoms with Crippen LogP contribution in [0.1, 0.15) is 37.5 Å². The van der Waals surface area contributed by atoms with Crippen LogP contribution in [-0.2, 0) is 14.3 Å². The lowest BCUT2D eigenvalue weighted by Gasteiger charge is -2.36. The van der Waals surface area contributed by atoms with Crippen LogP contribution >= 0.6 is 24.4 Å². The smallest absolute Gasteiger partial charge is 0.408 e. The van der Waals surface area contributed by atoms with Crippen molar-refractivity contribution in [2.75, 3.05) is 5.75 Å². The molecule has 6 heteroatoms. The van der Waals surface area contributed by atoms with E-state index in [4.69, 9.17) is 4.74 Å². The molecule has 0 bridgehead atoms. The minimum atomic E-state index is -0.816. The van der Waals surface area contributed by atoms with Crippen LogP contribution in [0.5, 0.6) is 0 Å². The van der Waals surface area contributed by atoms with Crippen LogP contribution in [0.15, 0.2) is 91.0 Å². The number of benzene rings is 3. The number of hydrogen-bond acceptors (Lipinski definition) is 4. The first-order valence-corrected chi connectivity index (χ1v) is 12.2. The molecule has 0 aromatic heterocycles. The van der Waals surface area contributed by atoms with E-state index in [1.165, 1.54) is 0 Å². The lowest BCUT2D eigenvalue weighted by molar-refractivity contribution is -0.112. The van der Waals surface area contributed by atoms with Gasteiger partial charge in [-0.3, -0.25) is 4.79 Å². The molecule has 0 radical (unpaired) electrons. The Morgan fingerprint density at radius 3 is 1.55 bits per heavy atom. The van der Waals surface area contributed by atoms with Gasteiger partial charge in [0.25, 0.3) is 0 Å². The van der Waals surface area contributed by atoms with Crippen molar-refractivity contribution >= 4 is 35.6 Å². The van der Waals surface area contributed by atoms with E-state index in [0.29, 0.717) is 5.75 Å². The Labute approximate surface area is 205 Å². The Bertz CT molecular complexity index is 954. The number of hydrogen-bond donors (Lipinski definition) is 2. The highest BCUT2D eigenvalue weighted by molar-refractivity contribution is 8.01. The molecule has 0 aliphatic rings. The molecule has 3 aromatic rings.